The van der Waals surface area contributed by atoms with Gasteiger partial charge in [-0.15, -0.1) is 0 Å². The van der Waals surface area contributed by atoms with Crippen molar-refractivity contribution in [2.45, 2.75) is 322 Å². The number of esters is 3. The molecule has 0 spiro atoms. The van der Waals surface area contributed by atoms with Gasteiger partial charge in [-0.1, -0.05) is 311 Å². The van der Waals surface area contributed by atoms with Crippen molar-refractivity contribution in [3.63, 3.8) is 0 Å². The summed E-state index contributed by atoms with van der Waals surface area (Å²) in [5.74, 6) is -0.879. The van der Waals surface area contributed by atoms with Crippen LogP contribution in [-0.4, -0.2) is 37.2 Å². The van der Waals surface area contributed by atoms with E-state index in [1.165, 1.54) is 161 Å². The predicted octanol–water partition coefficient (Wildman–Crippen LogP) is 22.4. The molecule has 0 aliphatic carbocycles. The summed E-state index contributed by atoms with van der Waals surface area (Å²) in [6.45, 7) is 6.51. The zero-order chi connectivity index (χ0) is 55.7. The minimum atomic E-state index is -0.776. The highest BCUT2D eigenvalue weighted by Gasteiger charge is 2.19. The minimum absolute atomic E-state index is 0.0759. The Bertz CT molecular complexity index is 1510. The third-order valence-corrected chi connectivity index (χ3v) is 14.1. The number of carbonyl (C=O) groups is 3. The number of rotatable bonds is 59. The maximum Gasteiger partial charge on any atom is 0.306 e. The number of carbonyl (C=O) groups excluding carboxylic acids is 3. The molecule has 0 aromatic heterocycles. The molecule has 442 valence electrons. The molecule has 6 nitrogen and oxygen atoms in total. The zero-order valence-corrected chi connectivity index (χ0v) is 50.7. The lowest BCUT2D eigenvalue weighted by molar-refractivity contribution is -0.167. The van der Waals surface area contributed by atoms with Crippen LogP contribution in [0, 0.1) is 0 Å². The summed E-state index contributed by atoms with van der Waals surface area (Å²) in [5, 5.41) is 0. The van der Waals surface area contributed by atoms with Crippen LogP contribution in [0.2, 0.25) is 0 Å². The molecule has 0 aromatic carbocycles. The SMILES string of the molecule is CC/C=C\C/C=C\C/C=C\C/C=C\C/C=C\C/C=C\C/C=C\C/C=C\CCCCCCCCCCC(=O)OCC(COC(=O)CCCCCCCCC)OC(=O)CCCCCCCCCCCCCCCCCCCCC. The van der Waals surface area contributed by atoms with Crippen molar-refractivity contribution in [1.82, 2.24) is 0 Å². The second kappa shape index (κ2) is 64.9. The van der Waals surface area contributed by atoms with Crippen molar-refractivity contribution in [3.05, 3.63) is 97.2 Å². The molecule has 0 fully saturated rings. The molecule has 1 unspecified atom stereocenters. The van der Waals surface area contributed by atoms with E-state index in [1.807, 2.05) is 0 Å². The predicted molar refractivity (Wildman–Crippen MR) is 334 cm³/mol. The molecule has 0 saturated carbocycles. The standard InChI is InChI=1S/C71H122O6/c1-4-7-10-13-16-18-20-22-24-26-28-29-30-31-32-33-34-35-36-37-38-39-40-41-43-44-46-48-50-52-55-58-61-64-70(73)76-67-68(66-75-69(72)63-60-57-54-15-12-9-6-3)77-71(74)65-62-59-56-53-51-49-47-45-42-27-25-23-21-19-17-14-11-8-5-2/h7,10,16,18,22,24,28-29,31-32,34-35,37-38,40-41,68H,4-6,8-9,11-15,17,19-21,23,25-27,30,33,36,39,42-67H2,1-3H3/b10-7-,18-16-,24-22-,29-28-,32-31-,35-34-,38-37-,41-40-. The molecule has 77 heavy (non-hydrogen) atoms. The molecule has 0 N–H and O–H groups in total. The normalized spacial score (nSPS) is 12.7. The van der Waals surface area contributed by atoms with Crippen LogP contribution in [-0.2, 0) is 28.6 Å². The summed E-state index contributed by atoms with van der Waals surface area (Å²) in [7, 11) is 0. The Morgan fingerprint density at radius 3 is 0.792 bits per heavy atom. The Morgan fingerprint density at radius 2 is 0.506 bits per heavy atom. The fraction of sp³-hybridized carbons (Fsp3) is 0.732. The van der Waals surface area contributed by atoms with Gasteiger partial charge in [0.15, 0.2) is 6.10 Å². The fourth-order valence-electron chi connectivity index (χ4n) is 9.23. The molecule has 0 aliphatic rings. The van der Waals surface area contributed by atoms with E-state index in [4.69, 9.17) is 14.2 Å². The second-order valence-electron chi connectivity index (χ2n) is 21.7. The molecular weight excluding hydrogens is 949 g/mol. The average molecular weight is 1070 g/mol. The van der Waals surface area contributed by atoms with Crippen molar-refractivity contribution in [2.24, 2.45) is 0 Å². The van der Waals surface area contributed by atoms with Crippen LogP contribution < -0.4 is 0 Å². The Labute approximate surface area is 477 Å². The van der Waals surface area contributed by atoms with Gasteiger partial charge in [-0.2, -0.15) is 0 Å². The molecule has 0 rings (SSSR count). The van der Waals surface area contributed by atoms with Crippen molar-refractivity contribution in [1.29, 1.82) is 0 Å². The number of allylic oxidation sites excluding steroid dienone is 16. The molecular formula is C71H122O6. The van der Waals surface area contributed by atoms with Gasteiger partial charge in [-0.05, 0) is 83.5 Å². The zero-order valence-electron chi connectivity index (χ0n) is 50.7. The van der Waals surface area contributed by atoms with Gasteiger partial charge in [0.1, 0.15) is 13.2 Å². The number of hydrogen-bond donors (Lipinski definition) is 0. The topological polar surface area (TPSA) is 78.9 Å². The highest BCUT2D eigenvalue weighted by Crippen LogP contribution is 2.17. The van der Waals surface area contributed by atoms with E-state index < -0.39 is 6.10 Å². The molecule has 0 radical (unpaired) electrons. The third-order valence-electron chi connectivity index (χ3n) is 14.1. The van der Waals surface area contributed by atoms with E-state index in [-0.39, 0.29) is 31.1 Å². The molecule has 6 heteroatoms. The number of unbranched alkanes of at least 4 members (excludes halogenated alkanes) is 32. The molecule has 0 bridgehead atoms. The molecule has 0 aromatic rings. The number of hydrogen-bond acceptors (Lipinski definition) is 6. The lowest BCUT2D eigenvalue weighted by atomic mass is 10.0. The van der Waals surface area contributed by atoms with Gasteiger partial charge in [-0.25, -0.2) is 0 Å². The molecule has 0 heterocycles. The van der Waals surface area contributed by atoms with Crippen molar-refractivity contribution in [3.8, 4) is 0 Å². The van der Waals surface area contributed by atoms with Gasteiger partial charge in [0.25, 0.3) is 0 Å². The van der Waals surface area contributed by atoms with E-state index in [0.29, 0.717) is 19.3 Å². The van der Waals surface area contributed by atoms with Crippen LogP contribution in [0.4, 0.5) is 0 Å². The monoisotopic (exact) mass is 1070 g/mol. The van der Waals surface area contributed by atoms with Gasteiger partial charge in [0.05, 0.1) is 0 Å². The van der Waals surface area contributed by atoms with Crippen LogP contribution >= 0.6 is 0 Å². The number of ether oxygens (including phenoxy) is 3. The molecule has 0 amide bonds. The van der Waals surface area contributed by atoms with E-state index in [0.717, 1.165) is 116 Å². The average Bonchev–Trinajstić information content (AvgIpc) is 3.43. The molecule has 0 aliphatic heterocycles. The van der Waals surface area contributed by atoms with E-state index in [1.54, 1.807) is 0 Å². The van der Waals surface area contributed by atoms with Crippen molar-refractivity contribution < 1.29 is 28.6 Å². The van der Waals surface area contributed by atoms with Crippen LogP contribution in [0.1, 0.15) is 316 Å². The Balaban J connectivity index is 4.12. The first-order valence-electron chi connectivity index (χ1n) is 32.7. The van der Waals surface area contributed by atoms with Gasteiger partial charge < -0.3 is 14.2 Å². The summed E-state index contributed by atoms with van der Waals surface area (Å²) in [6, 6.07) is 0. The van der Waals surface area contributed by atoms with Crippen molar-refractivity contribution in [2.75, 3.05) is 13.2 Å². The third kappa shape index (κ3) is 63.0. The first-order chi connectivity index (χ1) is 38.0. The minimum Gasteiger partial charge on any atom is -0.462 e. The first kappa shape index (κ1) is 73.3. The lowest BCUT2D eigenvalue weighted by Crippen LogP contribution is -2.30. The Kier molecular flexibility index (Phi) is 61.8. The van der Waals surface area contributed by atoms with E-state index >= 15 is 0 Å². The summed E-state index contributed by atoms with van der Waals surface area (Å²) in [4.78, 5) is 38.1. The highest BCUT2D eigenvalue weighted by molar-refractivity contribution is 5.71. The summed E-state index contributed by atoms with van der Waals surface area (Å²) in [5.41, 5.74) is 0. The van der Waals surface area contributed by atoms with E-state index in [2.05, 4.69) is 118 Å². The first-order valence-corrected chi connectivity index (χ1v) is 32.7. The molecule has 1 atom stereocenters. The lowest BCUT2D eigenvalue weighted by Gasteiger charge is -2.18. The van der Waals surface area contributed by atoms with Gasteiger partial charge in [-0.3, -0.25) is 14.4 Å². The van der Waals surface area contributed by atoms with Gasteiger partial charge >= 0.3 is 17.9 Å². The Hall–Kier alpha value is -3.67. The Morgan fingerprint density at radius 1 is 0.273 bits per heavy atom. The second-order valence-corrected chi connectivity index (χ2v) is 21.7. The largest absolute Gasteiger partial charge is 0.462 e. The van der Waals surface area contributed by atoms with Crippen LogP contribution in [0.15, 0.2) is 97.2 Å². The quantitative estimate of drug-likeness (QED) is 0.0261. The smallest absolute Gasteiger partial charge is 0.306 e. The fourth-order valence-corrected chi connectivity index (χ4v) is 9.23. The van der Waals surface area contributed by atoms with E-state index in [9.17, 15) is 14.4 Å². The maximum absolute atomic E-state index is 12.9. The summed E-state index contributed by atoms with van der Waals surface area (Å²) in [6.07, 6.45) is 87.3. The van der Waals surface area contributed by atoms with Gasteiger partial charge in [0, 0.05) is 19.3 Å². The van der Waals surface area contributed by atoms with Crippen LogP contribution in [0.3, 0.4) is 0 Å². The maximum atomic E-state index is 12.9. The van der Waals surface area contributed by atoms with Gasteiger partial charge in [0.2, 0.25) is 0 Å². The molecule has 0 saturated heterocycles. The van der Waals surface area contributed by atoms with Crippen molar-refractivity contribution >= 4 is 17.9 Å². The van der Waals surface area contributed by atoms with Crippen LogP contribution in [0.25, 0.3) is 0 Å². The highest BCUT2D eigenvalue weighted by atomic mass is 16.6. The summed E-state index contributed by atoms with van der Waals surface area (Å²) >= 11 is 0. The summed E-state index contributed by atoms with van der Waals surface area (Å²) < 4.78 is 16.8. The van der Waals surface area contributed by atoms with Crippen LogP contribution in [0.5, 0.6) is 0 Å².